The van der Waals surface area contributed by atoms with Crippen LogP contribution in [-0.2, 0) is 4.79 Å². The van der Waals surface area contributed by atoms with Crippen molar-refractivity contribution in [3.63, 3.8) is 0 Å². The molecule has 2 aliphatic rings. The molecule has 0 radical (unpaired) electrons. The van der Waals surface area contributed by atoms with E-state index in [9.17, 15) is 14.7 Å². The Balaban J connectivity index is 1.32. The molecule has 30 heavy (non-hydrogen) atoms. The van der Waals surface area contributed by atoms with E-state index in [4.69, 9.17) is 4.74 Å². The van der Waals surface area contributed by atoms with Crippen LogP contribution in [0.2, 0.25) is 0 Å². The van der Waals surface area contributed by atoms with Crippen molar-refractivity contribution in [1.29, 1.82) is 0 Å². The second kappa shape index (κ2) is 8.88. The molecule has 1 spiro atoms. The lowest BCUT2D eigenvalue weighted by Crippen LogP contribution is -2.47. The zero-order chi connectivity index (χ0) is 21.0. The molecule has 0 aromatic heterocycles. The molecule has 1 saturated heterocycles. The Bertz CT molecular complexity index is 874. The number of ether oxygens (including phenoxy) is 1. The fourth-order valence-electron chi connectivity index (χ4n) is 4.34. The van der Waals surface area contributed by atoms with Crippen LogP contribution in [0.5, 0.6) is 5.75 Å². The summed E-state index contributed by atoms with van der Waals surface area (Å²) in [4.78, 5) is 26.5. The maximum absolute atomic E-state index is 12.9. The number of benzene rings is 2. The minimum Gasteiger partial charge on any atom is -0.491 e. The number of imide groups is 1. The third-order valence-electron chi connectivity index (χ3n) is 6.00. The van der Waals surface area contributed by atoms with Crippen LogP contribution in [0.1, 0.15) is 38.5 Å². The highest BCUT2D eigenvalue weighted by Gasteiger charge is 2.50. The zero-order valence-electron chi connectivity index (χ0n) is 17.0. The highest BCUT2D eigenvalue weighted by molar-refractivity contribution is 6.07. The van der Waals surface area contributed by atoms with Gasteiger partial charge < -0.3 is 15.2 Å². The summed E-state index contributed by atoms with van der Waals surface area (Å²) in [6.07, 6.45) is 4.45. The van der Waals surface area contributed by atoms with Crippen molar-refractivity contribution >= 4 is 11.9 Å². The number of urea groups is 1. The van der Waals surface area contributed by atoms with Gasteiger partial charge in [-0.25, -0.2) is 4.79 Å². The van der Waals surface area contributed by atoms with Gasteiger partial charge in [0.25, 0.3) is 5.91 Å². The van der Waals surface area contributed by atoms with Crippen LogP contribution >= 0.6 is 0 Å². The van der Waals surface area contributed by atoms with Crippen molar-refractivity contribution in [3.05, 3.63) is 54.6 Å². The summed E-state index contributed by atoms with van der Waals surface area (Å²) >= 11 is 0. The zero-order valence-corrected chi connectivity index (χ0v) is 17.0. The molecule has 0 unspecified atom stereocenters. The molecule has 1 aliphatic carbocycles. The molecule has 2 N–H and O–H groups in total. The Labute approximate surface area is 176 Å². The third kappa shape index (κ3) is 4.33. The molecular formula is C24H28N2O4. The van der Waals surface area contributed by atoms with E-state index in [0.717, 1.165) is 41.7 Å². The lowest BCUT2D eigenvalue weighted by atomic mass is 9.90. The molecule has 2 fully saturated rings. The summed E-state index contributed by atoms with van der Waals surface area (Å²) in [6, 6.07) is 17.3. The summed E-state index contributed by atoms with van der Waals surface area (Å²) in [5.41, 5.74) is 1.42. The maximum Gasteiger partial charge on any atom is 0.325 e. The van der Waals surface area contributed by atoms with Crippen molar-refractivity contribution in [1.82, 2.24) is 10.2 Å². The predicted octanol–water partition coefficient (Wildman–Crippen LogP) is 3.74. The van der Waals surface area contributed by atoms with Crippen molar-refractivity contribution in [2.45, 2.75) is 50.2 Å². The SMILES string of the molecule is O=C1NC2(CCCCCC2)C(=O)N1C[C@H](O)COc1ccc(-c2ccccc2)cc1. The number of carbonyl (C=O) groups excluding carboxylic acids is 2. The summed E-state index contributed by atoms with van der Waals surface area (Å²) in [6.45, 7) is -0.0523. The Morgan fingerprint density at radius 3 is 2.23 bits per heavy atom. The summed E-state index contributed by atoms with van der Waals surface area (Å²) < 4.78 is 5.68. The summed E-state index contributed by atoms with van der Waals surface area (Å²) in [5, 5.41) is 13.3. The van der Waals surface area contributed by atoms with Gasteiger partial charge in [0.1, 0.15) is 24.0 Å². The van der Waals surface area contributed by atoms with Gasteiger partial charge in [-0.2, -0.15) is 0 Å². The fourth-order valence-corrected chi connectivity index (χ4v) is 4.34. The van der Waals surface area contributed by atoms with E-state index in [-0.39, 0.29) is 19.1 Å². The number of aliphatic hydroxyl groups excluding tert-OH is 1. The summed E-state index contributed by atoms with van der Waals surface area (Å²) in [5.74, 6) is 0.423. The number of hydrogen-bond acceptors (Lipinski definition) is 4. The van der Waals surface area contributed by atoms with Crippen LogP contribution in [0.3, 0.4) is 0 Å². The largest absolute Gasteiger partial charge is 0.491 e. The number of carbonyl (C=O) groups is 2. The van der Waals surface area contributed by atoms with Gasteiger partial charge in [-0.15, -0.1) is 0 Å². The lowest BCUT2D eigenvalue weighted by molar-refractivity contribution is -0.132. The molecule has 2 aromatic carbocycles. The molecule has 6 heteroatoms. The van der Waals surface area contributed by atoms with E-state index >= 15 is 0 Å². The average molecular weight is 408 g/mol. The monoisotopic (exact) mass is 408 g/mol. The van der Waals surface area contributed by atoms with E-state index in [1.165, 1.54) is 0 Å². The van der Waals surface area contributed by atoms with E-state index in [1.54, 1.807) is 0 Å². The molecule has 2 aromatic rings. The fraction of sp³-hybridized carbons (Fsp3) is 0.417. The normalized spacial score (nSPS) is 19.4. The Kier molecular flexibility index (Phi) is 6.04. The number of rotatable bonds is 6. The molecule has 0 bridgehead atoms. The molecule has 158 valence electrons. The predicted molar refractivity (Wildman–Crippen MR) is 114 cm³/mol. The van der Waals surface area contributed by atoms with Gasteiger partial charge in [0.2, 0.25) is 0 Å². The first-order valence-corrected chi connectivity index (χ1v) is 10.7. The quantitative estimate of drug-likeness (QED) is 0.714. The van der Waals surface area contributed by atoms with Gasteiger partial charge in [0.05, 0.1) is 6.54 Å². The Morgan fingerprint density at radius 2 is 1.57 bits per heavy atom. The van der Waals surface area contributed by atoms with Crippen molar-refractivity contribution in [2.75, 3.05) is 13.2 Å². The highest BCUT2D eigenvalue weighted by Crippen LogP contribution is 2.32. The van der Waals surface area contributed by atoms with Gasteiger partial charge in [0.15, 0.2) is 0 Å². The number of amides is 3. The first kappa shape index (κ1) is 20.4. The van der Waals surface area contributed by atoms with E-state index in [2.05, 4.69) is 5.32 Å². The second-order valence-corrected chi connectivity index (χ2v) is 8.20. The molecule has 1 aliphatic heterocycles. The van der Waals surface area contributed by atoms with Crippen molar-refractivity contribution < 1.29 is 19.4 Å². The molecule has 3 amide bonds. The molecular weight excluding hydrogens is 380 g/mol. The minimum absolute atomic E-state index is 0.00867. The van der Waals surface area contributed by atoms with E-state index in [1.807, 2.05) is 54.6 Å². The smallest absolute Gasteiger partial charge is 0.325 e. The Morgan fingerprint density at radius 1 is 0.933 bits per heavy atom. The van der Waals surface area contributed by atoms with Crippen LogP contribution in [0.15, 0.2) is 54.6 Å². The molecule has 1 atom stereocenters. The van der Waals surface area contributed by atoms with Crippen molar-refractivity contribution in [3.8, 4) is 16.9 Å². The molecule has 6 nitrogen and oxygen atoms in total. The van der Waals surface area contributed by atoms with Gasteiger partial charge >= 0.3 is 6.03 Å². The van der Waals surface area contributed by atoms with Gasteiger partial charge in [-0.05, 0) is 36.1 Å². The molecule has 4 rings (SSSR count). The third-order valence-corrected chi connectivity index (χ3v) is 6.00. The van der Waals surface area contributed by atoms with Gasteiger partial charge in [-0.3, -0.25) is 9.69 Å². The number of nitrogens with zero attached hydrogens (tertiary/aromatic N) is 1. The maximum atomic E-state index is 12.9. The summed E-state index contributed by atoms with van der Waals surface area (Å²) in [7, 11) is 0. The van der Waals surface area contributed by atoms with Gasteiger partial charge in [-0.1, -0.05) is 68.1 Å². The van der Waals surface area contributed by atoms with Crippen LogP contribution in [0.4, 0.5) is 4.79 Å². The Hall–Kier alpha value is -2.86. The van der Waals surface area contributed by atoms with Crippen LogP contribution in [0, 0.1) is 0 Å². The second-order valence-electron chi connectivity index (χ2n) is 8.20. The van der Waals surface area contributed by atoms with Gasteiger partial charge in [0, 0.05) is 0 Å². The van der Waals surface area contributed by atoms with Crippen molar-refractivity contribution in [2.24, 2.45) is 0 Å². The van der Waals surface area contributed by atoms with Crippen LogP contribution < -0.4 is 10.1 Å². The number of hydrogen-bond donors (Lipinski definition) is 2. The first-order valence-electron chi connectivity index (χ1n) is 10.7. The molecule has 1 heterocycles. The van der Waals surface area contributed by atoms with E-state index < -0.39 is 17.7 Å². The van der Waals surface area contributed by atoms with E-state index in [0.29, 0.717) is 18.6 Å². The van der Waals surface area contributed by atoms with Crippen LogP contribution in [0.25, 0.3) is 11.1 Å². The average Bonchev–Trinajstić information content (AvgIpc) is 2.93. The molecule has 1 saturated carbocycles. The number of β-amino-alcohol motifs (C(OH)–C–C–N with tert-alkyl or cyclic N) is 1. The highest BCUT2D eigenvalue weighted by atomic mass is 16.5. The van der Waals surface area contributed by atoms with Crippen LogP contribution in [-0.4, -0.2) is 46.7 Å². The first-order chi connectivity index (χ1) is 14.6. The number of aliphatic hydroxyl groups is 1. The standard InChI is InChI=1S/C24H28N2O4/c27-20(16-26-22(28)24(25-23(26)29)14-6-1-2-7-15-24)17-30-21-12-10-19(11-13-21)18-8-4-3-5-9-18/h3-5,8-13,20,27H,1-2,6-7,14-17H2,(H,25,29)/t20-/m0/s1. The minimum atomic E-state index is -0.950. The topological polar surface area (TPSA) is 78.9 Å². The lowest BCUT2D eigenvalue weighted by Gasteiger charge is -2.25. The number of nitrogens with one attached hydrogen (secondary N) is 1.